The molecule has 0 amide bonds. The van der Waals surface area contributed by atoms with Crippen LogP contribution in [0.5, 0.6) is 11.5 Å². The Bertz CT molecular complexity index is 779. The van der Waals surface area contributed by atoms with Crippen molar-refractivity contribution >= 4 is 0 Å². The summed E-state index contributed by atoms with van der Waals surface area (Å²) in [5, 5.41) is 0. The van der Waals surface area contributed by atoms with E-state index in [0.29, 0.717) is 11.5 Å². The lowest BCUT2D eigenvalue weighted by atomic mass is 10.1. The number of hydrogen-bond acceptors (Lipinski definition) is 3. The van der Waals surface area contributed by atoms with E-state index in [4.69, 9.17) is 9.47 Å². The van der Waals surface area contributed by atoms with Crippen molar-refractivity contribution in [3.8, 4) is 28.4 Å². The molecule has 2 aromatic carbocycles. The first kappa shape index (κ1) is 14.2. The first-order valence-electron chi connectivity index (χ1n) is 7.06. The van der Waals surface area contributed by atoms with Crippen LogP contribution in [0.4, 0.5) is 0 Å². The number of aromatic nitrogens is 2. The summed E-state index contributed by atoms with van der Waals surface area (Å²) < 4.78 is 12.7. The van der Waals surface area contributed by atoms with Crippen molar-refractivity contribution < 1.29 is 9.47 Å². The molecule has 112 valence electrons. The van der Waals surface area contributed by atoms with Crippen LogP contribution in [0, 0.1) is 6.92 Å². The summed E-state index contributed by atoms with van der Waals surface area (Å²) in [6, 6.07) is 16.0. The van der Waals surface area contributed by atoms with Gasteiger partial charge in [-0.05, 0) is 19.1 Å². The molecule has 3 aromatic rings. The van der Waals surface area contributed by atoms with Gasteiger partial charge in [0.25, 0.3) is 0 Å². The Balaban J connectivity index is 2.05. The minimum absolute atomic E-state index is 0.703. The highest BCUT2D eigenvalue weighted by Gasteiger charge is 2.12. The van der Waals surface area contributed by atoms with Crippen molar-refractivity contribution in [3.63, 3.8) is 0 Å². The van der Waals surface area contributed by atoms with Crippen LogP contribution in [0.2, 0.25) is 0 Å². The molecular weight excluding hydrogens is 276 g/mol. The molecule has 1 aromatic heterocycles. The minimum atomic E-state index is 0.703. The minimum Gasteiger partial charge on any atom is -0.493 e. The molecule has 1 heterocycles. The maximum absolute atomic E-state index is 5.37. The van der Waals surface area contributed by atoms with Gasteiger partial charge in [0.1, 0.15) is 6.33 Å². The van der Waals surface area contributed by atoms with Crippen molar-refractivity contribution in [1.82, 2.24) is 9.55 Å². The Morgan fingerprint density at radius 3 is 2.32 bits per heavy atom. The van der Waals surface area contributed by atoms with Gasteiger partial charge in [-0.1, -0.05) is 30.3 Å². The third-order valence-corrected chi connectivity index (χ3v) is 3.70. The number of benzene rings is 2. The Morgan fingerprint density at radius 1 is 0.909 bits per heavy atom. The average molecular weight is 294 g/mol. The first-order valence-corrected chi connectivity index (χ1v) is 7.06. The van der Waals surface area contributed by atoms with Gasteiger partial charge in [-0.3, -0.25) is 0 Å². The van der Waals surface area contributed by atoms with Gasteiger partial charge in [-0.15, -0.1) is 0 Å². The summed E-state index contributed by atoms with van der Waals surface area (Å²) in [4.78, 5) is 4.55. The van der Waals surface area contributed by atoms with Crippen LogP contribution in [0.3, 0.4) is 0 Å². The van der Waals surface area contributed by atoms with Crippen LogP contribution in [0.1, 0.15) is 5.69 Å². The summed E-state index contributed by atoms with van der Waals surface area (Å²) in [5.41, 5.74) is 4.16. The zero-order chi connectivity index (χ0) is 15.5. The zero-order valence-electron chi connectivity index (χ0n) is 12.9. The molecule has 4 heteroatoms. The van der Waals surface area contributed by atoms with Gasteiger partial charge in [0.15, 0.2) is 11.5 Å². The quantitative estimate of drug-likeness (QED) is 0.733. The number of imidazole rings is 1. The molecule has 0 spiro atoms. The monoisotopic (exact) mass is 294 g/mol. The third-order valence-electron chi connectivity index (χ3n) is 3.70. The van der Waals surface area contributed by atoms with Crippen molar-refractivity contribution in [2.24, 2.45) is 0 Å². The van der Waals surface area contributed by atoms with E-state index >= 15 is 0 Å². The van der Waals surface area contributed by atoms with Crippen LogP contribution in [0.25, 0.3) is 16.9 Å². The topological polar surface area (TPSA) is 36.3 Å². The normalized spacial score (nSPS) is 10.5. The lowest BCUT2D eigenvalue weighted by Gasteiger charge is -2.11. The predicted molar refractivity (Wildman–Crippen MR) is 86.8 cm³/mol. The molecule has 22 heavy (non-hydrogen) atoms. The number of nitrogens with zero attached hydrogens (tertiary/aromatic N) is 2. The van der Waals surface area contributed by atoms with Gasteiger partial charge in [0, 0.05) is 17.3 Å². The average Bonchev–Trinajstić information content (AvgIpc) is 2.96. The molecule has 0 fully saturated rings. The maximum atomic E-state index is 5.37. The molecule has 0 radical (unpaired) electrons. The van der Waals surface area contributed by atoms with E-state index in [-0.39, 0.29) is 0 Å². The Kier molecular flexibility index (Phi) is 3.83. The second-order valence-corrected chi connectivity index (χ2v) is 4.95. The van der Waals surface area contributed by atoms with Gasteiger partial charge >= 0.3 is 0 Å². The van der Waals surface area contributed by atoms with E-state index in [1.54, 1.807) is 14.2 Å². The molecule has 0 aliphatic carbocycles. The van der Waals surface area contributed by atoms with Gasteiger partial charge in [-0.2, -0.15) is 0 Å². The fourth-order valence-electron chi connectivity index (χ4n) is 2.52. The van der Waals surface area contributed by atoms with Gasteiger partial charge in [-0.25, -0.2) is 4.98 Å². The highest BCUT2D eigenvalue weighted by Crippen LogP contribution is 2.31. The molecular formula is C18H18N2O2. The molecule has 0 saturated heterocycles. The summed E-state index contributed by atoms with van der Waals surface area (Å²) in [6.45, 7) is 2.06. The van der Waals surface area contributed by atoms with Gasteiger partial charge in [0.2, 0.25) is 0 Å². The SMILES string of the molecule is COc1ccc(-n2cnc(-c3ccccc3)c2C)cc1OC. The van der Waals surface area contributed by atoms with Crippen LogP contribution < -0.4 is 9.47 Å². The van der Waals surface area contributed by atoms with Gasteiger partial charge in [0.05, 0.1) is 25.6 Å². The molecule has 0 bridgehead atoms. The molecule has 0 aliphatic rings. The first-order chi connectivity index (χ1) is 10.7. The predicted octanol–water partition coefficient (Wildman–Crippen LogP) is 3.86. The van der Waals surface area contributed by atoms with Crippen molar-refractivity contribution in [2.75, 3.05) is 14.2 Å². The zero-order valence-corrected chi connectivity index (χ0v) is 12.9. The summed E-state index contributed by atoms with van der Waals surface area (Å²) in [5.74, 6) is 1.42. The third kappa shape index (κ3) is 2.44. The summed E-state index contributed by atoms with van der Waals surface area (Å²) in [7, 11) is 3.27. The largest absolute Gasteiger partial charge is 0.493 e. The molecule has 0 atom stereocenters. The summed E-state index contributed by atoms with van der Waals surface area (Å²) in [6.07, 6.45) is 1.83. The van der Waals surface area contributed by atoms with Crippen molar-refractivity contribution in [3.05, 3.63) is 60.6 Å². The highest BCUT2D eigenvalue weighted by molar-refractivity contribution is 5.63. The molecule has 0 N–H and O–H groups in total. The Hall–Kier alpha value is -2.75. The molecule has 0 saturated carbocycles. The standard InChI is InChI=1S/C18H18N2O2/c1-13-18(14-7-5-4-6-8-14)19-12-20(13)15-9-10-16(21-2)17(11-15)22-3/h4-12H,1-3H3. The summed E-state index contributed by atoms with van der Waals surface area (Å²) >= 11 is 0. The second kappa shape index (κ2) is 5.93. The fraction of sp³-hybridized carbons (Fsp3) is 0.167. The lowest BCUT2D eigenvalue weighted by molar-refractivity contribution is 0.355. The van der Waals surface area contributed by atoms with Crippen LogP contribution in [-0.2, 0) is 0 Å². The smallest absolute Gasteiger partial charge is 0.162 e. The van der Waals surface area contributed by atoms with E-state index in [2.05, 4.69) is 24.0 Å². The fourth-order valence-corrected chi connectivity index (χ4v) is 2.52. The molecule has 3 rings (SSSR count). The van der Waals surface area contributed by atoms with Crippen LogP contribution in [-0.4, -0.2) is 23.8 Å². The van der Waals surface area contributed by atoms with E-state index in [9.17, 15) is 0 Å². The maximum Gasteiger partial charge on any atom is 0.162 e. The molecule has 0 aliphatic heterocycles. The highest BCUT2D eigenvalue weighted by atomic mass is 16.5. The molecule has 0 unspecified atom stereocenters. The van der Waals surface area contributed by atoms with E-state index in [1.807, 2.05) is 47.3 Å². The number of rotatable bonds is 4. The number of methoxy groups -OCH3 is 2. The van der Waals surface area contributed by atoms with E-state index in [1.165, 1.54) is 0 Å². The Labute approximate surface area is 130 Å². The van der Waals surface area contributed by atoms with Gasteiger partial charge < -0.3 is 14.0 Å². The van der Waals surface area contributed by atoms with Crippen LogP contribution in [0.15, 0.2) is 54.9 Å². The van der Waals surface area contributed by atoms with E-state index < -0.39 is 0 Å². The molecule has 4 nitrogen and oxygen atoms in total. The van der Waals surface area contributed by atoms with E-state index in [0.717, 1.165) is 22.6 Å². The Morgan fingerprint density at radius 2 is 1.64 bits per heavy atom. The number of ether oxygens (including phenoxy) is 2. The van der Waals surface area contributed by atoms with Crippen molar-refractivity contribution in [1.29, 1.82) is 0 Å². The van der Waals surface area contributed by atoms with Crippen LogP contribution >= 0.6 is 0 Å². The number of hydrogen-bond donors (Lipinski definition) is 0. The second-order valence-electron chi connectivity index (χ2n) is 4.95. The lowest BCUT2D eigenvalue weighted by Crippen LogP contribution is -1.97. The van der Waals surface area contributed by atoms with Crippen molar-refractivity contribution in [2.45, 2.75) is 6.92 Å².